The second-order valence-electron chi connectivity index (χ2n) is 3.52. The van der Waals surface area contributed by atoms with Crippen molar-refractivity contribution in [1.82, 2.24) is 10.2 Å². The van der Waals surface area contributed by atoms with E-state index in [1.54, 1.807) is 13.8 Å². The van der Waals surface area contributed by atoms with Gasteiger partial charge in [0.2, 0.25) is 15.7 Å². The fourth-order valence-corrected chi connectivity index (χ4v) is 1.88. The Morgan fingerprint density at radius 1 is 1.44 bits per heavy atom. The zero-order chi connectivity index (χ0) is 12.3. The van der Waals surface area contributed by atoms with Crippen LogP contribution in [0.3, 0.4) is 0 Å². The predicted octanol–water partition coefficient (Wildman–Crippen LogP) is 0.441. The molecule has 0 saturated heterocycles. The van der Waals surface area contributed by atoms with E-state index < -0.39 is 33.2 Å². The lowest BCUT2D eigenvalue weighted by molar-refractivity contribution is -0.136. The summed E-state index contributed by atoms with van der Waals surface area (Å²) in [6, 6.07) is 0. The average molecular weight is 248 g/mol. The quantitative estimate of drug-likeness (QED) is 0.804. The van der Waals surface area contributed by atoms with Crippen LogP contribution in [0.2, 0.25) is 0 Å². The third-order valence-electron chi connectivity index (χ3n) is 1.77. The summed E-state index contributed by atoms with van der Waals surface area (Å²) in [5, 5.41) is 14.8. The maximum absolute atomic E-state index is 11.5. The average Bonchev–Trinajstić information content (AvgIpc) is 2.64. The molecule has 1 heterocycles. The molecule has 7 nitrogen and oxygen atoms in total. The molecule has 0 aliphatic rings. The summed E-state index contributed by atoms with van der Waals surface area (Å²) in [6.07, 6.45) is -0.484. The predicted molar refractivity (Wildman–Crippen MR) is 52.7 cm³/mol. The Bertz CT molecular complexity index is 476. The highest BCUT2D eigenvalue weighted by molar-refractivity contribution is 7.91. The van der Waals surface area contributed by atoms with Gasteiger partial charge in [-0.1, -0.05) is 18.9 Å². The molecule has 0 amide bonds. The first kappa shape index (κ1) is 12.6. The van der Waals surface area contributed by atoms with Gasteiger partial charge in [0.15, 0.2) is 0 Å². The van der Waals surface area contributed by atoms with Crippen molar-refractivity contribution in [2.45, 2.75) is 31.4 Å². The van der Waals surface area contributed by atoms with Crippen molar-refractivity contribution in [2.24, 2.45) is 0 Å². The van der Waals surface area contributed by atoms with E-state index in [2.05, 4.69) is 10.2 Å². The van der Waals surface area contributed by atoms with Gasteiger partial charge in [-0.25, -0.2) is 8.42 Å². The number of sulfone groups is 1. The number of carboxylic acid groups (broad SMARTS) is 1. The van der Waals surface area contributed by atoms with Gasteiger partial charge >= 0.3 is 11.2 Å². The number of carbonyl (C=O) groups is 1. The molecule has 1 N–H and O–H groups in total. The lowest BCUT2D eigenvalue weighted by Crippen LogP contribution is -2.11. The van der Waals surface area contributed by atoms with Crippen molar-refractivity contribution >= 4 is 15.8 Å². The van der Waals surface area contributed by atoms with Gasteiger partial charge < -0.3 is 9.52 Å². The molecule has 0 unspecified atom stereocenters. The van der Waals surface area contributed by atoms with Gasteiger partial charge in [0, 0.05) is 5.92 Å². The molecule has 16 heavy (non-hydrogen) atoms. The molecule has 0 aromatic carbocycles. The largest absolute Gasteiger partial charge is 0.481 e. The van der Waals surface area contributed by atoms with Gasteiger partial charge in [0.05, 0.1) is 12.2 Å². The minimum atomic E-state index is -3.79. The second kappa shape index (κ2) is 4.60. The lowest BCUT2D eigenvalue weighted by atomic mass is 10.2. The molecule has 1 rings (SSSR count). The van der Waals surface area contributed by atoms with E-state index in [1.807, 2.05) is 0 Å². The molecule has 0 fully saturated rings. The van der Waals surface area contributed by atoms with E-state index in [4.69, 9.17) is 9.52 Å². The summed E-state index contributed by atoms with van der Waals surface area (Å²) in [5.41, 5.74) is 0. The molecule has 8 heteroatoms. The highest BCUT2D eigenvalue weighted by atomic mass is 32.2. The molecular formula is C8H12N2O5S. The Morgan fingerprint density at radius 3 is 2.50 bits per heavy atom. The highest BCUT2D eigenvalue weighted by Gasteiger charge is 2.24. The normalized spacial score (nSPS) is 11.9. The first-order valence-electron chi connectivity index (χ1n) is 4.61. The maximum atomic E-state index is 11.5. The van der Waals surface area contributed by atoms with Gasteiger partial charge in [0.25, 0.3) is 0 Å². The summed E-state index contributed by atoms with van der Waals surface area (Å²) in [5.74, 6) is -1.58. The molecule has 1 aromatic heterocycles. The van der Waals surface area contributed by atoms with Crippen molar-refractivity contribution in [3.8, 4) is 0 Å². The Hall–Kier alpha value is -1.44. The fourth-order valence-electron chi connectivity index (χ4n) is 0.888. The van der Waals surface area contributed by atoms with Crippen LogP contribution in [0.1, 0.15) is 32.1 Å². The zero-order valence-electron chi connectivity index (χ0n) is 8.87. The topological polar surface area (TPSA) is 110 Å². The zero-order valence-corrected chi connectivity index (χ0v) is 9.69. The third kappa shape index (κ3) is 3.02. The molecule has 0 aliphatic carbocycles. The van der Waals surface area contributed by atoms with Crippen LogP contribution in [0.15, 0.2) is 9.64 Å². The molecule has 0 radical (unpaired) electrons. The first-order chi connectivity index (χ1) is 7.33. The van der Waals surface area contributed by atoms with Gasteiger partial charge in [-0.05, 0) is 0 Å². The second-order valence-corrected chi connectivity index (χ2v) is 5.51. The van der Waals surface area contributed by atoms with E-state index in [-0.39, 0.29) is 11.8 Å². The minimum Gasteiger partial charge on any atom is -0.481 e. The standard InChI is InChI=1S/C8H12N2O5S/c1-5(2)7-9-10-8(15-7)16(13,14)4-3-6(11)12/h5H,3-4H2,1-2H3,(H,11,12). The number of nitrogens with zero attached hydrogens (tertiary/aromatic N) is 2. The smallest absolute Gasteiger partial charge is 0.335 e. The summed E-state index contributed by atoms with van der Waals surface area (Å²) in [7, 11) is -3.79. The molecule has 0 aliphatic heterocycles. The lowest BCUT2D eigenvalue weighted by Gasteiger charge is -1.96. The Balaban J connectivity index is 2.86. The molecule has 0 atom stereocenters. The molecular weight excluding hydrogens is 236 g/mol. The van der Waals surface area contributed by atoms with Crippen molar-refractivity contribution < 1.29 is 22.7 Å². The number of rotatable bonds is 5. The van der Waals surface area contributed by atoms with Gasteiger partial charge in [-0.15, -0.1) is 5.10 Å². The highest BCUT2D eigenvalue weighted by Crippen LogP contribution is 2.16. The van der Waals surface area contributed by atoms with Gasteiger partial charge in [0.1, 0.15) is 0 Å². The Morgan fingerprint density at radius 2 is 2.06 bits per heavy atom. The fraction of sp³-hybridized carbons (Fsp3) is 0.625. The van der Waals surface area contributed by atoms with Crippen molar-refractivity contribution in [2.75, 3.05) is 5.75 Å². The SMILES string of the molecule is CC(C)c1nnc(S(=O)(=O)CCC(=O)O)o1. The number of aliphatic carboxylic acids is 1. The maximum Gasteiger partial charge on any atom is 0.335 e. The van der Waals surface area contributed by atoms with Crippen LogP contribution in [-0.2, 0) is 14.6 Å². The number of carboxylic acids is 1. The van der Waals surface area contributed by atoms with Gasteiger partial charge in [-0.3, -0.25) is 4.79 Å². The molecule has 0 spiro atoms. The summed E-state index contributed by atoms with van der Waals surface area (Å²) >= 11 is 0. The number of hydrogen-bond donors (Lipinski definition) is 1. The van der Waals surface area contributed by atoms with Crippen molar-refractivity contribution in [3.05, 3.63) is 5.89 Å². The van der Waals surface area contributed by atoms with E-state index in [0.29, 0.717) is 0 Å². The van der Waals surface area contributed by atoms with Crippen LogP contribution >= 0.6 is 0 Å². The third-order valence-corrected chi connectivity index (χ3v) is 3.21. The molecule has 0 saturated carbocycles. The molecule has 1 aromatic rings. The van der Waals surface area contributed by atoms with E-state index in [9.17, 15) is 13.2 Å². The van der Waals surface area contributed by atoms with Crippen LogP contribution in [0.4, 0.5) is 0 Å². The van der Waals surface area contributed by atoms with Crippen LogP contribution in [-0.4, -0.2) is 35.4 Å². The Labute approximate surface area is 92.4 Å². The van der Waals surface area contributed by atoms with Crippen LogP contribution in [0.5, 0.6) is 0 Å². The Kier molecular flexibility index (Phi) is 3.63. The van der Waals surface area contributed by atoms with E-state index >= 15 is 0 Å². The van der Waals surface area contributed by atoms with Crippen LogP contribution in [0.25, 0.3) is 0 Å². The monoisotopic (exact) mass is 248 g/mol. The molecule has 90 valence electrons. The van der Waals surface area contributed by atoms with Crippen LogP contribution in [0, 0.1) is 0 Å². The van der Waals surface area contributed by atoms with Crippen molar-refractivity contribution in [1.29, 1.82) is 0 Å². The van der Waals surface area contributed by atoms with Crippen molar-refractivity contribution in [3.63, 3.8) is 0 Å². The molecule has 0 bridgehead atoms. The minimum absolute atomic E-state index is 0.0732. The number of hydrogen-bond acceptors (Lipinski definition) is 6. The van der Waals surface area contributed by atoms with Gasteiger partial charge in [-0.2, -0.15) is 0 Å². The van der Waals surface area contributed by atoms with E-state index in [0.717, 1.165) is 0 Å². The number of aromatic nitrogens is 2. The summed E-state index contributed by atoms with van der Waals surface area (Å²) in [4.78, 5) is 10.3. The first-order valence-corrected chi connectivity index (χ1v) is 6.26. The van der Waals surface area contributed by atoms with E-state index in [1.165, 1.54) is 0 Å². The van der Waals surface area contributed by atoms with Crippen LogP contribution < -0.4 is 0 Å². The summed E-state index contributed by atoms with van der Waals surface area (Å²) in [6.45, 7) is 3.56. The summed E-state index contributed by atoms with van der Waals surface area (Å²) < 4.78 is 28.0.